The maximum absolute atomic E-state index is 13.6. The molecule has 0 N–H and O–H groups in total. The molecule has 0 spiro atoms. The number of para-hydroxylation sites is 1. The van der Waals surface area contributed by atoms with Crippen LogP contribution in [0.1, 0.15) is 12.2 Å². The molecule has 4 nitrogen and oxygen atoms in total. The first kappa shape index (κ1) is 12.8. The van der Waals surface area contributed by atoms with Crippen LogP contribution in [0.5, 0.6) is 0 Å². The Bertz CT molecular complexity index is 583. The Morgan fingerprint density at radius 2 is 2.33 bits per heavy atom. The number of carbonyl (C=O) groups excluding carboxylic acids is 1. The Balaban J connectivity index is 2.41. The number of fused-ring (bicyclic) bond motifs is 1. The number of hydrogen-bond donors (Lipinski definition) is 0. The minimum absolute atomic E-state index is 0.162. The molecule has 0 radical (unpaired) electrons. The first-order valence-electron chi connectivity index (χ1n) is 5.43. The number of ether oxygens (including phenoxy) is 1. The molecular formula is C12H12ClFN2O2. The van der Waals surface area contributed by atoms with E-state index in [9.17, 15) is 9.18 Å². The second-order valence-electron chi connectivity index (χ2n) is 3.75. The quantitative estimate of drug-likeness (QED) is 0.633. The van der Waals surface area contributed by atoms with Crippen molar-refractivity contribution < 1.29 is 13.9 Å². The summed E-state index contributed by atoms with van der Waals surface area (Å²) in [4.78, 5) is 15.3. The van der Waals surface area contributed by atoms with Crippen LogP contribution in [0.2, 0.25) is 0 Å². The molecule has 1 aromatic heterocycles. The third-order valence-corrected chi connectivity index (χ3v) is 2.93. The van der Waals surface area contributed by atoms with Crippen LogP contribution in [0.4, 0.5) is 4.39 Å². The van der Waals surface area contributed by atoms with Gasteiger partial charge in [-0.2, -0.15) is 0 Å². The SMILES string of the molecule is COC(=O)CCn1c(CCl)nc2c(F)cccc21. The van der Waals surface area contributed by atoms with Crippen LogP contribution in [0.3, 0.4) is 0 Å². The van der Waals surface area contributed by atoms with E-state index in [1.165, 1.54) is 13.2 Å². The molecule has 0 saturated carbocycles. The van der Waals surface area contributed by atoms with Crippen molar-refractivity contribution in [2.45, 2.75) is 18.8 Å². The number of imidazole rings is 1. The summed E-state index contributed by atoms with van der Waals surface area (Å²) in [6, 6.07) is 4.70. The molecule has 18 heavy (non-hydrogen) atoms. The van der Waals surface area contributed by atoms with Gasteiger partial charge in [-0.25, -0.2) is 9.37 Å². The van der Waals surface area contributed by atoms with E-state index in [0.717, 1.165) is 0 Å². The minimum Gasteiger partial charge on any atom is -0.469 e. The van der Waals surface area contributed by atoms with Crippen molar-refractivity contribution in [3.8, 4) is 0 Å². The predicted molar refractivity (Wildman–Crippen MR) is 65.9 cm³/mol. The largest absolute Gasteiger partial charge is 0.469 e. The van der Waals surface area contributed by atoms with Crippen LogP contribution in [-0.4, -0.2) is 22.6 Å². The molecule has 0 fully saturated rings. The van der Waals surface area contributed by atoms with Gasteiger partial charge in [-0.1, -0.05) is 6.07 Å². The van der Waals surface area contributed by atoms with Gasteiger partial charge >= 0.3 is 5.97 Å². The number of carbonyl (C=O) groups is 1. The van der Waals surface area contributed by atoms with Gasteiger partial charge in [-0.3, -0.25) is 4.79 Å². The monoisotopic (exact) mass is 270 g/mol. The summed E-state index contributed by atoms with van der Waals surface area (Å²) in [5.74, 6) is -0.0138. The molecule has 6 heteroatoms. The summed E-state index contributed by atoms with van der Waals surface area (Å²) in [7, 11) is 1.33. The van der Waals surface area contributed by atoms with Crippen molar-refractivity contribution in [3.63, 3.8) is 0 Å². The van der Waals surface area contributed by atoms with E-state index in [-0.39, 0.29) is 23.8 Å². The van der Waals surface area contributed by atoms with Gasteiger partial charge in [0.15, 0.2) is 5.82 Å². The smallest absolute Gasteiger partial charge is 0.307 e. The number of halogens is 2. The highest BCUT2D eigenvalue weighted by Gasteiger charge is 2.13. The Hall–Kier alpha value is -1.62. The summed E-state index contributed by atoms with van der Waals surface area (Å²) >= 11 is 5.78. The van der Waals surface area contributed by atoms with E-state index >= 15 is 0 Å². The van der Waals surface area contributed by atoms with Crippen LogP contribution in [0, 0.1) is 5.82 Å². The van der Waals surface area contributed by atoms with Gasteiger partial charge in [0.2, 0.25) is 0 Å². The van der Waals surface area contributed by atoms with E-state index in [1.807, 2.05) is 0 Å². The molecule has 2 aromatic rings. The molecule has 1 heterocycles. The van der Waals surface area contributed by atoms with Gasteiger partial charge in [0.05, 0.1) is 24.9 Å². The first-order chi connectivity index (χ1) is 8.67. The third-order valence-electron chi connectivity index (χ3n) is 2.70. The number of methoxy groups -OCH3 is 1. The number of esters is 1. The lowest BCUT2D eigenvalue weighted by molar-refractivity contribution is -0.140. The highest BCUT2D eigenvalue weighted by Crippen LogP contribution is 2.20. The van der Waals surface area contributed by atoms with Gasteiger partial charge in [-0.05, 0) is 12.1 Å². The molecule has 0 aliphatic heterocycles. The molecule has 0 unspecified atom stereocenters. The summed E-state index contributed by atoms with van der Waals surface area (Å²) < 4.78 is 19.9. The zero-order chi connectivity index (χ0) is 13.1. The van der Waals surface area contributed by atoms with Crippen molar-refractivity contribution >= 4 is 28.6 Å². The standard InChI is InChI=1S/C12H12ClFN2O2/c1-18-11(17)5-6-16-9-4-2-3-8(14)12(9)15-10(16)7-13/h2-4H,5-7H2,1H3. The highest BCUT2D eigenvalue weighted by atomic mass is 35.5. The number of benzene rings is 1. The van der Waals surface area contributed by atoms with Crippen LogP contribution in [0.25, 0.3) is 11.0 Å². The second-order valence-corrected chi connectivity index (χ2v) is 4.01. The number of aryl methyl sites for hydroxylation is 1. The van der Waals surface area contributed by atoms with E-state index in [1.54, 1.807) is 16.7 Å². The fourth-order valence-corrected chi connectivity index (χ4v) is 2.02. The summed E-state index contributed by atoms with van der Waals surface area (Å²) in [5.41, 5.74) is 0.910. The zero-order valence-electron chi connectivity index (χ0n) is 9.82. The zero-order valence-corrected chi connectivity index (χ0v) is 10.6. The van der Waals surface area contributed by atoms with Crippen molar-refractivity contribution in [2.75, 3.05) is 7.11 Å². The minimum atomic E-state index is -0.393. The average molecular weight is 271 g/mol. The van der Waals surface area contributed by atoms with Gasteiger partial charge < -0.3 is 9.30 Å². The Morgan fingerprint density at radius 3 is 3.00 bits per heavy atom. The van der Waals surface area contributed by atoms with Crippen molar-refractivity contribution in [3.05, 3.63) is 29.8 Å². The molecule has 0 aliphatic carbocycles. The fraction of sp³-hybridized carbons (Fsp3) is 0.333. The molecule has 0 atom stereocenters. The van der Waals surface area contributed by atoms with Crippen LogP contribution < -0.4 is 0 Å². The van der Waals surface area contributed by atoms with E-state index in [0.29, 0.717) is 17.9 Å². The Morgan fingerprint density at radius 1 is 1.56 bits per heavy atom. The first-order valence-corrected chi connectivity index (χ1v) is 5.97. The Labute approximate surface area is 108 Å². The van der Waals surface area contributed by atoms with Crippen molar-refractivity contribution in [1.82, 2.24) is 9.55 Å². The predicted octanol–water partition coefficient (Wildman–Crippen LogP) is 2.48. The third kappa shape index (κ3) is 2.31. The number of rotatable bonds is 4. The number of nitrogens with zero attached hydrogens (tertiary/aromatic N) is 2. The molecule has 0 bridgehead atoms. The summed E-state index contributed by atoms with van der Waals surface area (Å²) in [6.45, 7) is 0.370. The molecule has 2 rings (SSSR count). The normalized spacial score (nSPS) is 10.8. The molecule has 0 aliphatic rings. The molecule has 0 amide bonds. The lowest BCUT2D eigenvalue weighted by Gasteiger charge is -2.06. The van der Waals surface area contributed by atoms with E-state index in [4.69, 9.17) is 11.6 Å². The molecule has 1 aromatic carbocycles. The van der Waals surface area contributed by atoms with E-state index < -0.39 is 5.82 Å². The van der Waals surface area contributed by atoms with Crippen molar-refractivity contribution in [1.29, 1.82) is 0 Å². The van der Waals surface area contributed by atoms with Gasteiger partial charge in [0.25, 0.3) is 0 Å². The molecular weight excluding hydrogens is 259 g/mol. The number of alkyl halides is 1. The van der Waals surface area contributed by atoms with Crippen LogP contribution >= 0.6 is 11.6 Å². The molecule has 0 saturated heterocycles. The van der Waals surface area contributed by atoms with Crippen LogP contribution in [0.15, 0.2) is 18.2 Å². The maximum Gasteiger partial charge on any atom is 0.307 e. The topological polar surface area (TPSA) is 44.1 Å². The van der Waals surface area contributed by atoms with Crippen LogP contribution in [-0.2, 0) is 22.0 Å². The fourth-order valence-electron chi connectivity index (χ4n) is 1.82. The maximum atomic E-state index is 13.6. The van der Waals surface area contributed by atoms with E-state index in [2.05, 4.69) is 9.72 Å². The van der Waals surface area contributed by atoms with Gasteiger partial charge in [-0.15, -0.1) is 11.6 Å². The second kappa shape index (κ2) is 5.35. The summed E-state index contributed by atoms with van der Waals surface area (Å²) in [6.07, 6.45) is 0.197. The number of hydrogen-bond acceptors (Lipinski definition) is 3. The van der Waals surface area contributed by atoms with Gasteiger partial charge in [0, 0.05) is 6.54 Å². The lowest BCUT2D eigenvalue weighted by atomic mass is 10.3. The van der Waals surface area contributed by atoms with Gasteiger partial charge in [0.1, 0.15) is 11.3 Å². The molecule has 96 valence electrons. The Kier molecular flexibility index (Phi) is 3.81. The summed E-state index contributed by atoms with van der Waals surface area (Å²) in [5, 5.41) is 0. The number of aromatic nitrogens is 2. The van der Waals surface area contributed by atoms with Crippen molar-refractivity contribution in [2.24, 2.45) is 0 Å². The highest BCUT2D eigenvalue weighted by molar-refractivity contribution is 6.16. The average Bonchev–Trinajstić information content (AvgIpc) is 2.75. The lowest BCUT2D eigenvalue weighted by Crippen LogP contribution is -2.09.